The van der Waals surface area contributed by atoms with E-state index < -0.39 is 12.1 Å². The van der Waals surface area contributed by atoms with Crippen molar-refractivity contribution in [3.63, 3.8) is 0 Å². The van der Waals surface area contributed by atoms with Crippen molar-refractivity contribution in [3.8, 4) is 11.1 Å². The molecule has 0 heterocycles. The van der Waals surface area contributed by atoms with E-state index in [1.807, 2.05) is 49.4 Å². The number of fused-ring (bicyclic) bond motifs is 1. The standard InChI is InChI=1S/C34H34FN3O2/c1-21-16-22(2)18-28(17-21)25-6-8-26(9-7-25)34(40)38-33-31-20-30(13-10-27(31)19-32(33)39)37-23(3)36-15-14-24-4-11-29(35)12-5-24/h4-13,16-18,20,32-33,39H,14-15,19H2,1-3H3,(H,36,37)(H,38,40)/t32-,33-/m1/s1. The maximum Gasteiger partial charge on any atom is 0.251 e. The summed E-state index contributed by atoms with van der Waals surface area (Å²) in [4.78, 5) is 17.7. The van der Waals surface area contributed by atoms with E-state index in [0.29, 0.717) is 18.5 Å². The molecule has 0 saturated carbocycles. The maximum absolute atomic E-state index is 13.2. The van der Waals surface area contributed by atoms with Crippen LogP contribution in [0.5, 0.6) is 0 Å². The fraction of sp³-hybridized carbons (Fsp3) is 0.235. The second-order valence-electron chi connectivity index (χ2n) is 10.6. The van der Waals surface area contributed by atoms with E-state index in [9.17, 15) is 14.3 Å². The van der Waals surface area contributed by atoms with Gasteiger partial charge in [-0.1, -0.05) is 59.7 Å². The van der Waals surface area contributed by atoms with Gasteiger partial charge in [-0.2, -0.15) is 0 Å². The minimum absolute atomic E-state index is 0.222. The second-order valence-corrected chi connectivity index (χ2v) is 10.6. The summed E-state index contributed by atoms with van der Waals surface area (Å²) in [6.07, 6.45) is 0.501. The van der Waals surface area contributed by atoms with E-state index in [1.54, 1.807) is 12.1 Å². The van der Waals surface area contributed by atoms with Crippen LogP contribution in [0.4, 0.5) is 10.1 Å². The number of hydrogen-bond acceptors (Lipinski definition) is 3. The number of amides is 1. The van der Waals surface area contributed by atoms with Crippen LogP contribution < -0.4 is 10.6 Å². The molecule has 0 unspecified atom stereocenters. The third-order valence-electron chi connectivity index (χ3n) is 7.27. The van der Waals surface area contributed by atoms with E-state index in [-0.39, 0.29) is 11.7 Å². The summed E-state index contributed by atoms with van der Waals surface area (Å²) in [6, 6.07) is 25.9. The smallest absolute Gasteiger partial charge is 0.251 e. The Morgan fingerprint density at radius 2 is 1.62 bits per heavy atom. The molecule has 6 heteroatoms. The number of benzene rings is 4. The van der Waals surface area contributed by atoms with Crippen molar-refractivity contribution < 1.29 is 14.3 Å². The molecule has 0 spiro atoms. The van der Waals surface area contributed by atoms with Crippen molar-refractivity contribution >= 4 is 17.4 Å². The molecule has 4 aromatic rings. The Balaban J connectivity index is 1.24. The first-order valence-electron chi connectivity index (χ1n) is 13.6. The summed E-state index contributed by atoms with van der Waals surface area (Å²) >= 11 is 0. The van der Waals surface area contributed by atoms with Crippen LogP contribution in [0.2, 0.25) is 0 Å². The zero-order chi connectivity index (χ0) is 28.2. The normalized spacial score (nSPS) is 16.5. The molecule has 1 aliphatic rings. The molecule has 0 radical (unpaired) electrons. The van der Waals surface area contributed by atoms with Gasteiger partial charge in [0.15, 0.2) is 0 Å². The van der Waals surface area contributed by atoms with Crippen molar-refractivity contribution in [2.45, 2.75) is 45.8 Å². The molecule has 0 aromatic heterocycles. The highest BCUT2D eigenvalue weighted by atomic mass is 19.1. The molecule has 5 rings (SSSR count). The number of carbonyl (C=O) groups excluding carboxylic acids is 1. The topological polar surface area (TPSA) is 73.7 Å². The largest absolute Gasteiger partial charge is 0.390 e. The number of anilines is 1. The van der Waals surface area contributed by atoms with Crippen LogP contribution in [-0.2, 0) is 12.8 Å². The minimum Gasteiger partial charge on any atom is -0.390 e. The highest BCUT2D eigenvalue weighted by Crippen LogP contribution is 2.34. The second kappa shape index (κ2) is 11.8. The van der Waals surface area contributed by atoms with Crippen molar-refractivity contribution in [1.29, 1.82) is 0 Å². The summed E-state index contributed by atoms with van der Waals surface area (Å²) < 4.78 is 13.1. The Kier molecular flexibility index (Phi) is 8.08. The van der Waals surface area contributed by atoms with E-state index in [4.69, 9.17) is 0 Å². The summed E-state index contributed by atoms with van der Waals surface area (Å²) in [5.74, 6) is 0.290. The van der Waals surface area contributed by atoms with Gasteiger partial charge in [0.2, 0.25) is 0 Å². The summed E-state index contributed by atoms with van der Waals surface area (Å²) in [5.41, 5.74) is 8.91. The zero-order valence-electron chi connectivity index (χ0n) is 23.0. The minimum atomic E-state index is -0.700. The van der Waals surface area contributed by atoms with Crippen LogP contribution >= 0.6 is 0 Å². The molecule has 1 aliphatic carbocycles. The maximum atomic E-state index is 13.2. The van der Waals surface area contributed by atoms with Crippen LogP contribution in [-0.4, -0.2) is 29.5 Å². The summed E-state index contributed by atoms with van der Waals surface area (Å²) in [7, 11) is 0. The van der Waals surface area contributed by atoms with E-state index >= 15 is 0 Å². The molecule has 5 nitrogen and oxygen atoms in total. The Bertz CT molecular complexity index is 1520. The van der Waals surface area contributed by atoms with Gasteiger partial charge in [0.05, 0.1) is 18.0 Å². The van der Waals surface area contributed by atoms with E-state index in [0.717, 1.165) is 45.8 Å². The number of amidine groups is 1. The Labute approximate surface area is 234 Å². The van der Waals surface area contributed by atoms with Gasteiger partial charge in [-0.3, -0.25) is 9.79 Å². The first-order valence-corrected chi connectivity index (χ1v) is 13.6. The lowest BCUT2D eigenvalue weighted by Crippen LogP contribution is -2.33. The molecule has 1 amide bonds. The third kappa shape index (κ3) is 6.46. The van der Waals surface area contributed by atoms with Crippen LogP contribution in [0.1, 0.15) is 51.1 Å². The van der Waals surface area contributed by atoms with Crippen LogP contribution in [0.15, 0.2) is 89.9 Å². The van der Waals surface area contributed by atoms with Crippen molar-refractivity contribution in [2.75, 3.05) is 11.9 Å². The molecule has 3 N–H and O–H groups in total. The number of rotatable bonds is 7. The predicted molar refractivity (Wildman–Crippen MR) is 159 cm³/mol. The zero-order valence-corrected chi connectivity index (χ0v) is 23.0. The summed E-state index contributed by atoms with van der Waals surface area (Å²) in [5, 5.41) is 17.1. The molecule has 4 aromatic carbocycles. The van der Waals surface area contributed by atoms with Gasteiger partial charge in [-0.25, -0.2) is 4.39 Å². The average molecular weight is 536 g/mol. The Hall–Kier alpha value is -4.29. The molecule has 0 saturated heterocycles. The fourth-order valence-electron chi connectivity index (χ4n) is 5.30. The number of aliphatic imine (C=N–C) groups is 1. The predicted octanol–water partition coefficient (Wildman–Crippen LogP) is 6.57. The van der Waals surface area contributed by atoms with Gasteiger partial charge in [0.25, 0.3) is 5.91 Å². The molecule has 0 fully saturated rings. The molecule has 40 heavy (non-hydrogen) atoms. The van der Waals surface area contributed by atoms with Gasteiger partial charge in [0, 0.05) is 24.2 Å². The van der Waals surface area contributed by atoms with Crippen molar-refractivity contribution in [1.82, 2.24) is 5.32 Å². The van der Waals surface area contributed by atoms with Gasteiger partial charge in [0.1, 0.15) is 5.82 Å². The lowest BCUT2D eigenvalue weighted by molar-refractivity contribution is 0.0858. The number of aryl methyl sites for hydroxylation is 2. The number of carbonyl (C=O) groups is 1. The van der Waals surface area contributed by atoms with Crippen LogP contribution in [0.25, 0.3) is 11.1 Å². The molecule has 0 bridgehead atoms. The van der Waals surface area contributed by atoms with Crippen LogP contribution in [0.3, 0.4) is 0 Å². The quantitative estimate of drug-likeness (QED) is 0.185. The monoisotopic (exact) mass is 535 g/mol. The number of hydrogen-bond donors (Lipinski definition) is 3. The molecule has 0 aliphatic heterocycles. The Morgan fingerprint density at radius 3 is 2.33 bits per heavy atom. The first kappa shape index (κ1) is 27.3. The molecule has 204 valence electrons. The van der Waals surface area contributed by atoms with E-state index in [1.165, 1.54) is 23.3 Å². The SMILES string of the molecule is CC(=NCCc1ccc(F)cc1)Nc1ccc2c(c1)[C@@H](NC(=O)c1ccc(-c3cc(C)cc(C)c3)cc1)[C@H](O)C2. The molecular weight excluding hydrogens is 501 g/mol. The lowest BCUT2D eigenvalue weighted by Gasteiger charge is -2.19. The van der Waals surface area contributed by atoms with Crippen molar-refractivity contribution in [2.24, 2.45) is 4.99 Å². The fourth-order valence-corrected chi connectivity index (χ4v) is 5.30. The highest BCUT2D eigenvalue weighted by Gasteiger charge is 2.32. The van der Waals surface area contributed by atoms with Crippen LogP contribution in [0, 0.1) is 19.7 Å². The van der Waals surface area contributed by atoms with Crippen molar-refractivity contribution in [3.05, 3.63) is 124 Å². The number of nitrogens with zero attached hydrogens (tertiary/aromatic N) is 1. The lowest BCUT2D eigenvalue weighted by atomic mass is 9.99. The van der Waals surface area contributed by atoms with Gasteiger partial charge in [-0.05, 0) is 91.4 Å². The van der Waals surface area contributed by atoms with Gasteiger partial charge < -0.3 is 15.7 Å². The van der Waals surface area contributed by atoms with Gasteiger partial charge >= 0.3 is 0 Å². The number of aliphatic hydroxyl groups excluding tert-OH is 1. The molecule has 2 atom stereocenters. The highest BCUT2D eigenvalue weighted by molar-refractivity contribution is 5.95. The van der Waals surface area contributed by atoms with Gasteiger partial charge in [-0.15, -0.1) is 0 Å². The Morgan fingerprint density at radius 1 is 0.925 bits per heavy atom. The number of aliphatic hydroxyl groups is 1. The summed E-state index contributed by atoms with van der Waals surface area (Å²) in [6.45, 7) is 6.63. The molecular formula is C34H34FN3O2. The average Bonchev–Trinajstić information content (AvgIpc) is 3.23. The third-order valence-corrected chi connectivity index (χ3v) is 7.27. The van der Waals surface area contributed by atoms with E-state index in [2.05, 4.69) is 47.7 Å². The first-order chi connectivity index (χ1) is 19.2. The number of halogens is 1. The number of nitrogens with one attached hydrogen (secondary N) is 2.